The van der Waals surface area contributed by atoms with Gasteiger partial charge < -0.3 is 21.5 Å². The number of carbonyl (C=O) groups excluding carboxylic acids is 3. The van der Waals surface area contributed by atoms with Crippen LogP contribution in [0.15, 0.2) is 107 Å². The number of aromatic nitrogens is 4. The van der Waals surface area contributed by atoms with Crippen molar-refractivity contribution in [2.45, 2.75) is 59.2 Å². The molecule has 15 heteroatoms. The second kappa shape index (κ2) is 18.0. The van der Waals surface area contributed by atoms with Gasteiger partial charge in [-0.05, 0) is 112 Å². The molecule has 2 heterocycles. The SMILES string of the molecule is CC(=O)c1c(-c2cccc(F)c2)nn(CC2CC2)c(=O)c1Nc1ccc(CO)cc1.CC(=O)c1c(-c2cccc(F)c2)nn(CC2CC2)c(=O)c1Nc1cccc(C(N)=O)c1. The third kappa shape index (κ3) is 10.0. The Kier molecular flexibility index (Phi) is 12.4. The zero-order chi connectivity index (χ0) is 43.4. The zero-order valence-corrected chi connectivity index (χ0v) is 33.5. The van der Waals surface area contributed by atoms with Gasteiger partial charge in [0.2, 0.25) is 5.91 Å². The van der Waals surface area contributed by atoms with E-state index in [1.165, 1.54) is 59.6 Å². The van der Waals surface area contributed by atoms with E-state index in [-0.39, 0.29) is 51.8 Å². The summed E-state index contributed by atoms with van der Waals surface area (Å²) in [6, 6.07) is 24.8. The third-order valence-corrected chi connectivity index (χ3v) is 10.3. The number of carbonyl (C=O) groups is 3. The van der Waals surface area contributed by atoms with Crippen LogP contribution in [0.5, 0.6) is 0 Å². The molecule has 0 radical (unpaired) electrons. The summed E-state index contributed by atoms with van der Waals surface area (Å²) in [4.78, 5) is 63.2. The number of aliphatic hydroxyl groups excluding tert-OH is 1. The number of rotatable bonds is 14. The molecule has 8 rings (SSSR count). The Morgan fingerprint density at radius 1 is 0.672 bits per heavy atom. The van der Waals surface area contributed by atoms with Crippen molar-refractivity contribution in [1.82, 2.24) is 19.6 Å². The third-order valence-electron chi connectivity index (χ3n) is 10.3. The highest BCUT2D eigenvalue weighted by molar-refractivity contribution is 6.06. The molecule has 2 aliphatic carbocycles. The maximum absolute atomic E-state index is 13.9. The monoisotopic (exact) mass is 827 g/mol. The Morgan fingerprint density at radius 2 is 1.13 bits per heavy atom. The molecule has 2 aromatic heterocycles. The van der Waals surface area contributed by atoms with Crippen LogP contribution < -0.4 is 27.5 Å². The number of benzene rings is 4. The minimum absolute atomic E-state index is 0.0315. The summed E-state index contributed by atoms with van der Waals surface area (Å²) >= 11 is 0. The van der Waals surface area contributed by atoms with Gasteiger partial charge in [-0.1, -0.05) is 42.5 Å². The van der Waals surface area contributed by atoms with Crippen LogP contribution >= 0.6 is 0 Å². The Hall–Kier alpha value is -7.13. The molecule has 0 aliphatic heterocycles. The molecule has 0 spiro atoms. The first-order valence-electron chi connectivity index (χ1n) is 19.8. The maximum atomic E-state index is 13.9. The molecule has 2 aliphatic rings. The van der Waals surface area contributed by atoms with Crippen LogP contribution in [0.4, 0.5) is 31.5 Å². The van der Waals surface area contributed by atoms with E-state index < -0.39 is 34.4 Å². The zero-order valence-electron chi connectivity index (χ0n) is 33.5. The van der Waals surface area contributed by atoms with Crippen molar-refractivity contribution >= 4 is 40.2 Å². The molecule has 13 nitrogen and oxygen atoms in total. The molecular weight excluding hydrogens is 785 g/mol. The Balaban J connectivity index is 0.000000184. The molecule has 6 aromatic rings. The smallest absolute Gasteiger partial charge is 0.291 e. The van der Waals surface area contributed by atoms with Crippen LogP contribution in [-0.4, -0.2) is 42.1 Å². The average Bonchev–Trinajstić information content (AvgIpc) is 4.19. The fourth-order valence-corrected chi connectivity index (χ4v) is 6.80. The van der Waals surface area contributed by atoms with Gasteiger partial charge in [0.25, 0.3) is 11.1 Å². The highest BCUT2D eigenvalue weighted by Gasteiger charge is 2.29. The van der Waals surface area contributed by atoms with Gasteiger partial charge in [0.15, 0.2) is 11.6 Å². The lowest BCUT2D eigenvalue weighted by molar-refractivity contribution is 0.0995. The normalized spacial score (nSPS) is 13.2. The highest BCUT2D eigenvalue weighted by Crippen LogP contribution is 2.34. The van der Waals surface area contributed by atoms with Crippen molar-refractivity contribution in [1.29, 1.82) is 0 Å². The Bertz CT molecular complexity index is 2780. The van der Waals surface area contributed by atoms with Gasteiger partial charge in [-0.2, -0.15) is 10.2 Å². The van der Waals surface area contributed by atoms with Gasteiger partial charge in [0.1, 0.15) is 34.4 Å². The van der Waals surface area contributed by atoms with Crippen LogP contribution in [0.2, 0.25) is 0 Å². The van der Waals surface area contributed by atoms with E-state index in [0.717, 1.165) is 31.2 Å². The van der Waals surface area contributed by atoms with E-state index in [4.69, 9.17) is 5.73 Å². The van der Waals surface area contributed by atoms with Crippen molar-refractivity contribution in [3.63, 3.8) is 0 Å². The number of amides is 1. The van der Waals surface area contributed by atoms with E-state index >= 15 is 0 Å². The summed E-state index contributed by atoms with van der Waals surface area (Å²) in [5, 5.41) is 24.2. The summed E-state index contributed by atoms with van der Waals surface area (Å²) in [5.74, 6) is -1.54. The number of aliphatic hydroxyl groups is 1. The van der Waals surface area contributed by atoms with Crippen LogP contribution in [0.1, 0.15) is 76.2 Å². The van der Waals surface area contributed by atoms with Crippen molar-refractivity contribution in [3.8, 4) is 22.5 Å². The number of hydrogen-bond acceptors (Lipinski definition) is 10. The lowest BCUT2D eigenvalue weighted by atomic mass is 10.0. The first-order valence-corrected chi connectivity index (χ1v) is 19.8. The fraction of sp³-hybridized carbons (Fsp3) is 0.239. The van der Waals surface area contributed by atoms with E-state index in [1.807, 2.05) is 0 Å². The number of Topliss-reactive ketones (excluding diaryl/α,β-unsaturated/α-hetero) is 2. The summed E-state index contributed by atoms with van der Waals surface area (Å²) < 4.78 is 30.5. The number of halogens is 2. The van der Waals surface area contributed by atoms with Gasteiger partial charge in [0.05, 0.1) is 17.7 Å². The maximum Gasteiger partial charge on any atom is 0.291 e. The summed E-state index contributed by atoms with van der Waals surface area (Å²) in [6.07, 6.45) is 4.06. The molecule has 61 heavy (non-hydrogen) atoms. The van der Waals surface area contributed by atoms with Crippen molar-refractivity contribution in [2.24, 2.45) is 17.6 Å². The van der Waals surface area contributed by atoms with Gasteiger partial charge >= 0.3 is 0 Å². The molecule has 0 unspecified atom stereocenters. The molecule has 5 N–H and O–H groups in total. The number of nitrogens with zero attached hydrogens (tertiary/aromatic N) is 4. The van der Waals surface area contributed by atoms with E-state index in [9.17, 15) is 37.9 Å². The van der Waals surface area contributed by atoms with Crippen LogP contribution in [0, 0.1) is 23.5 Å². The largest absolute Gasteiger partial charge is 0.392 e. The van der Waals surface area contributed by atoms with Gasteiger partial charge in [-0.15, -0.1) is 0 Å². The predicted molar refractivity (Wildman–Crippen MR) is 227 cm³/mol. The first kappa shape index (κ1) is 42.0. The second-order valence-electron chi connectivity index (χ2n) is 15.2. The Morgan fingerprint density at radius 3 is 1.54 bits per heavy atom. The van der Waals surface area contributed by atoms with Crippen LogP contribution in [0.3, 0.4) is 0 Å². The van der Waals surface area contributed by atoms with Gasteiger partial charge in [-0.3, -0.25) is 24.0 Å². The summed E-state index contributed by atoms with van der Waals surface area (Å²) in [7, 11) is 0. The van der Waals surface area contributed by atoms with E-state index in [1.54, 1.807) is 60.7 Å². The highest BCUT2D eigenvalue weighted by atomic mass is 19.1. The predicted octanol–water partition coefficient (Wildman–Crippen LogP) is 7.40. The van der Waals surface area contributed by atoms with E-state index in [2.05, 4.69) is 20.8 Å². The minimum atomic E-state index is -0.614. The number of hydrogen-bond donors (Lipinski definition) is 4. The number of primary amides is 1. The van der Waals surface area contributed by atoms with Crippen LogP contribution in [0.25, 0.3) is 22.5 Å². The second-order valence-corrected chi connectivity index (χ2v) is 15.2. The topological polar surface area (TPSA) is 191 Å². The standard InChI is InChI=1S/C23H21FN4O3.C23H22FN3O3/c1-13(29)19-20(15-4-2-6-17(24)10-15)27-28(12-14-8-9-14)23(31)21(19)26-18-7-3-5-16(11-18)22(25)30;1-14(29)20-21(17-3-2-4-18(24)11-17)26-27(12-15-5-6-15)23(30)22(20)25-19-9-7-16(13-28)8-10-19/h2-7,10-11,14,26H,8-9,12H2,1H3,(H2,25,30);2-4,7-11,15,25,28H,5-6,12-13H2,1H3. The quantitative estimate of drug-likeness (QED) is 0.0805. The molecule has 2 saturated carbocycles. The number of nitrogens with one attached hydrogen (secondary N) is 2. The van der Waals surface area contributed by atoms with Crippen molar-refractivity contribution < 1.29 is 28.3 Å². The van der Waals surface area contributed by atoms with Crippen molar-refractivity contribution in [3.05, 3.63) is 152 Å². The molecule has 1 amide bonds. The summed E-state index contributed by atoms with van der Waals surface area (Å²) in [6.45, 7) is 3.47. The molecule has 0 atom stereocenters. The molecule has 4 aromatic carbocycles. The van der Waals surface area contributed by atoms with Crippen LogP contribution in [-0.2, 0) is 19.7 Å². The molecule has 2 fully saturated rings. The number of nitrogens with two attached hydrogens (primary N) is 1. The minimum Gasteiger partial charge on any atom is -0.392 e. The first-order chi connectivity index (χ1) is 29.3. The molecular formula is C46H43F2N7O6. The molecule has 0 saturated heterocycles. The number of ketones is 2. The van der Waals surface area contributed by atoms with Crippen molar-refractivity contribution in [2.75, 3.05) is 10.6 Å². The van der Waals surface area contributed by atoms with E-state index in [0.29, 0.717) is 47.4 Å². The van der Waals surface area contributed by atoms with Gasteiger partial charge in [0, 0.05) is 41.2 Å². The Labute approximate surface area is 348 Å². The summed E-state index contributed by atoms with van der Waals surface area (Å²) in [5.41, 5.74) is 8.18. The average molecular weight is 828 g/mol. The number of anilines is 4. The molecule has 0 bridgehead atoms. The lowest BCUT2D eigenvalue weighted by Crippen LogP contribution is -2.29. The lowest BCUT2D eigenvalue weighted by Gasteiger charge is -2.17. The fourth-order valence-electron chi connectivity index (χ4n) is 6.80. The molecule has 312 valence electrons. The van der Waals surface area contributed by atoms with Gasteiger partial charge in [-0.25, -0.2) is 18.1 Å².